The second kappa shape index (κ2) is 6.01. The van der Waals surface area contributed by atoms with Gasteiger partial charge in [-0.3, -0.25) is 4.79 Å². The maximum atomic E-state index is 12.0. The van der Waals surface area contributed by atoms with Crippen LogP contribution < -0.4 is 5.32 Å². The fourth-order valence-electron chi connectivity index (χ4n) is 2.17. The third-order valence-electron chi connectivity index (χ3n) is 3.43. The molecule has 0 radical (unpaired) electrons. The van der Waals surface area contributed by atoms with E-state index in [1.54, 1.807) is 0 Å². The predicted octanol–water partition coefficient (Wildman–Crippen LogP) is 2.19. The topological polar surface area (TPSA) is 38.3 Å². The molecule has 0 aromatic rings. The number of amides is 1. The molecule has 1 N–H and O–H groups in total. The number of ether oxygens (including phenoxy) is 1. The number of halogens is 1. The van der Waals surface area contributed by atoms with Crippen molar-refractivity contribution >= 4 is 21.8 Å². The number of hydrogen-bond donors (Lipinski definition) is 1. The molecule has 0 bridgehead atoms. The lowest BCUT2D eigenvalue weighted by Gasteiger charge is -2.19. The van der Waals surface area contributed by atoms with Gasteiger partial charge in [-0.2, -0.15) is 0 Å². The zero-order valence-corrected chi connectivity index (χ0v) is 12.1. The molecule has 0 aliphatic carbocycles. The molecule has 1 heterocycles. The summed E-state index contributed by atoms with van der Waals surface area (Å²) < 4.78 is 5.67. The van der Waals surface area contributed by atoms with Crippen molar-refractivity contribution in [3.63, 3.8) is 0 Å². The predicted molar refractivity (Wildman–Crippen MR) is 68.6 cm³/mol. The second-order valence-electron chi connectivity index (χ2n) is 4.94. The standard InChI is InChI=1S/C12H22BrNO2/c1-7(5-13)6-14-12(15)11-8(2)9(3)16-10(11)4/h7-11H,5-6H2,1-4H3,(H,14,15). The van der Waals surface area contributed by atoms with Gasteiger partial charge < -0.3 is 10.1 Å². The van der Waals surface area contributed by atoms with Gasteiger partial charge in [0.2, 0.25) is 5.91 Å². The lowest BCUT2D eigenvalue weighted by molar-refractivity contribution is -0.127. The number of nitrogens with one attached hydrogen (secondary N) is 1. The number of hydrogen-bond acceptors (Lipinski definition) is 2. The first-order chi connectivity index (χ1) is 7.47. The normalized spacial score (nSPS) is 36.1. The van der Waals surface area contributed by atoms with Crippen LogP contribution in [0.4, 0.5) is 0 Å². The summed E-state index contributed by atoms with van der Waals surface area (Å²) in [7, 11) is 0. The number of alkyl halides is 1. The number of carbonyl (C=O) groups is 1. The van der Waals surface area contributed by atoms with E-state index in [0.29, 0.717) is 11.8 Å². The third kappa shape index (κ3) is 3.20. The molecule has 1 aliphatic rings. The van der Waals surface area contributed by atoms with E-state index in [2.05, 4.69) is 35.1 Å². The molecular formula is C12H22BrNO2. The Morgan fingerprint density at radius 2 is 2.00 bits per heavy atom. The SMILES string of the molecule is CC(CBr)CNC(=O)C1C(C)OC(C)C1C. The van der Waals surface area contributed by atoms with E-state index in [-0.39, 0.29) is 24.0 Å². The zero-order chi connectivity index (χ0) is 12.3. The fraction of sp³-hybridized carbons (Fsp3) is 0.917. The van der Waals surface area contributed by atoms with Gasteiger partial charge >= 0.3 is 0 Å². The highest BCUT2D eigenvalue weighted by atomic mass is 79.9. The lowest BCUT2D eigenvalue weighted by Crippen LogP contribution is -2.39. The summed E-state index contributed by atoms with van der Waals surface area (Å²) in [6.45, 7) is 8.95. The molecule has 3 nitrogen and oxygen atoms in total. The molecule has 1 rings (SSSR count). The quantitative estimate of drug-likeness (QED) is 0.807. The summed E-state index contributed by atoms with van der Waals surface area (Å²) in [6.07, 6.45) is 0.212. The van der Waals surface area contributed by atoms with Gasteiger partial charge in [0.25, 0.3) is 0 Å². The summed E-state index contributed by atoms with van der Waals surface area (Å²) in [5, 5.41) is 3.92. The average Bonchev–Trinajstić information content (AvgIpc) is 2.49. The van der Waals surface area contributed by atoms with Crippen molar-refractivity contribution in [1.29, 1.82) is 0 Å². The molecule has 1 aliphatic heterocycles. The molecule has 0 spiro atoms. The maximum Gasteiger partial charge on any atom is 0.226 e. The Hall–Kier alpha value is -0.0900. The van der Waals surface area contributed by atoms with Crippen LogP contribution in [0.5, 0.6) is 0 Å². The average molecular weight is 292 g/mol. The van der Waals surface area contributed by atoms with Gasteiger partial charge in [0.05, 0.1) is 18.1 Å². The first kappa shape index (κ1) is 14.0. The number of rotatable bonds is 4. The molecule has 5 atom stereocenters. The maximum absolute atomic E-state index is 12.0. The van der Waals surface area contributed by atoms with Gasteiger partial charge in [-0.25, -0.2) is 0 Å². The van der Waals surface area contributed by atoms with E-state index in [1.807, 2.05) is 13.8 Å². The second-order valence-corrected chi connectivity index (χ2v) is 5.58. The minimum atomic E-state index is -0.00229. The van der Waals surface area contributed by atoms with Crippen molar-refractivity contribution in [2.75, 3.05) is 11.9 Å². The van der Waals surface area contributed by atoms with E-state index in [9.17, 15) is 4.79 Å². The van der Waals surface area contributed by atoms with Gasteiger partial charge in [0.1, 0.15) is 0 Å². The smallest absolute Gasteiger partial charge is 0.226 e. The van der Waals surface area contributed by atoms with E-state index in [4.69, 9.17) is 4.74 Å². The van der Waals surface area contributed by atoms with Crippen LogP contribution in [0.1, 0.15) is 27.7 Å². The molecule has 1 amide bonds. The van der Waals surface area contributed by atoms with E-state index in [1.165, 1.54) is 0 Å². The van der Waals surface area contributed by atoms with Crippen molar-refractivity contribution in [1.82, 2.24) is 5.32 Å². The molecule has 0 aromatic heterocycles. The largest absolute Gasteiger partial charge is 0.374 e. The molecule has 1 saturated heterocycles. The Kier molecular flexibility index (Phi) is 5.25. The Labute approximate surface area is 106 Å². The van der Waals surface area contributed by atoms with Crippen molar-refractivity contribution in [3.8, 4) is 0 Å². The molecule has 0 aromatic carbocycles. The third-order valence-corrected chi connectivity index (χ3v) is 4.54. The Bertz CT molecular complexity index is 247. The van der Waals surface area contributed by atoms with Crippen LogP contribution in [-0.4, -0.2) is 30.0 Å². The summed E-state index contributed by atoms with van der Waals surface area (Å²) in [5.41, 5.74) is 0. The summed E-state index contributed by atoms with van der Waals surface area (Å²) >= 11 is 3.41. The molecule has 16 heavy (non-hydrogen) atoms. The van der Waals surface area contributed by atoms with E-state index in [0.717, 1.165) is 11.9 Å². The highest BCUT2D eigenvalue weighted by molar-refractivity contribution is 9.09. The van der Waals surface area contributed by atoms with Gasteiger partial charge in [-0.15, -0.1) is 0 Å². The van der Waals surface area contributed by atoms with Crippen molar-refractivity contribution in [2.24, 2.45) is 17.8 Å². The molecule has 0 saturated carbocycles. The Morgan fingerprint density at radius 3 is 2.44 bits per heavy atom. The van der Waals surface area contributed by atoms with Crippen LogP contribution >= 0.6 is 15.9 Å². The highest BCUT2D eigenvalue weighted by Gasteiger charge is 2.41. The minimum Gasteiger partial charge on any atom is -0.374 e. The van der Waals surface area contributed by atoms with Gasteiger partial charge in [0, 0.05) is 11.9 Å². The molecule has 5 unspecified atom stereocenters. The molecule has 1 fully saturated rings. The van der Waals surface area contributed by atoms with Crippen LogP contribution in [0.25, 0.3) is 0 Å². The van der Waals surface area contributed by atoms with Crippen molar-refractivity contribution in [3.05, 3.63) is 0 Å². The first-order valence-corrected chi connectivity index (χ1v) is 7.08. The Morgan fingerprint density at radius 1 is 1.38 bits per heavy atom. The van der Waals surface area contributed by atoms with E-state index >= 15 is 0 Å². The number of carbonyl (C=O) groups excluding carboxylic acids is 1. The van der Waals surface area contributed by atoms with Gasteiger partial charge in [-0.1, -0.05) is 29.8 Å². The minimum absolute atomic E-state index is 0.00229. The van der Waals surface area contributed by atoms with E-state index < -0.39 is 0 Å². The van der Waals surface area contributed by atoms with Gasteiger partial charge in [-0.05, 0) is 25.7 Å². The summed E-state index contributed by atoms with van der Waals surface area (Å²) in [5.74, 6) is 0.901. The van der Waals surface area contributed by atoms with Crippen LogP contribution in [0.3, 0.4) is 0 Å². The molecule has 4 heteroatoms. The fourth-order valence-corrected chi connectivity index (χ4v) is 2.39. The lowest BCUT2D eigenvalue weighted by atomic mass is 9.89. The highest BCUT2D eigenvalue weighted by Crippen LogP contribution is 2.32. The van der Waals surface area contributed by atoms with Crippen LogP contribution in [-0.2, 0) is 9.53 Å². The summed E-state index contributed by atoms with van der Waals surface area (Å²) in [6, 6.07) is 0. The van der Waals surface area contributed by atoms with Crippen molar-refractivity contribution in [2.45, 2.75) is 39.9 Å². The monoisotopic (exact) mass is 291 g/mol. The molecule has 94 valence electrons. The molecular weight excluding hydrogens is 270 g/mol. The van der Waals surface area contributed by atoms with Crippen molar-refractivity contribution < 1.29 is 9.53 Å². The van der Waals surface area contributed by atoms with Crippen LogP contribution in [0, 0.1) is 17.8 Å². The van der Waals surface area contributed by atoms with Gasteiger partial charge in [0.15, 0.2) is 0 Å². The Balaban J connectivity index is 2.47. The zero-order valence-electron chi connectivity index (χ0n) is 10.5. The van der Waals surface area contributed by atoms with Crippen LogP contribution in [0.2, 0.25) is 0 Å². The van der Waals surface area contributed by atoms with Crippen LogP contribution in [0.15, 0.2) is 0 Å². The summed E-state index contributed by atoms with van der Waals surface area (Å²) in [4.78, 5) is 12.0. The first-order valence-electron chi connectivity index (χ1n) is 5.96.